The zero-order valence-corrected chi connectivity index (χ0v) is 9.19. The Morgan fingerprint density at radius 3 is 2.73 bits per heavy atom. The Morgan fingerprint density at radius 1 is 1.47 bits per heavy atom. The monoisotopic (exact) mass is 204 g/mol. The molecule has 0 spiro atoms. The summed E-state index contributed by atoms with van der Waals surface area (Å²) in [4.78, 5) is 11.4. The largest absolute Gasteiger partial charge is 0.426 e. The molecule has 0 aliphatic carbocycles. The minimum Gasteiger partial charge on any atom is -0.426 e. The molecule has 1 aromatic rings. The second-order valence-corrected chi connectivity index (χ2v) is 3.81. The molecule has 0 bridgehead atoms. The Kier molecular flexibility index (Phi) is 4.10. The van der Waals surface area contributed by atoms with E-state index in [-0.39, 0.29) is 5.97 Å². The van der Waals surface area contributed by atoms with Crippen LogP contribution in [0.2, 0.25) is 0 Å². The summed E-state index contributed by atoms with van der Waals surface area (Å²) >= 11 is 0. The lowest BCUT2D eigenvalue weighted by atomic mass is 10.1. The second kappa shape index (κ2) is 5.35. The van der Waals surface area contributed by atoms with Crippen LogP contribution in [0.5, 0.6) is 5.75 Å². The molecule has 1 rings (SSSR count). The van der Waals surface area contributed by atoms with Gasteiger partial charge in [-0.15, -0.1) is 0 Å². The summed E-state index contributed by atoms with van der Waals surface area (Å²) in [5.74, 6) is 0.700. The number of para-hydroxylation sites is 1. The number of ether oxygens (including phenoxy) is 1. The first-order chi connectivity index (χ1) is 7.13. The first-order valence-electron chi connectivity index (χ1n) is 5.05. The van der Waals surface area contributed by atoms with Gasteiger partial charge < -0.3 is 4.74 Å². The highest BCUT2D eigenvalue weighted by molar-refractivity contribution is 5.74. The van der Waals surface area contributed by atoms with E-state index in [1.807, 2.05) is 32.0 Å². The summed E-state index contributed by atoms with van der Waals surface area (Å²) in [7, 11) is 0. The van der Waals surface area contributed by atoms with E-state index in [0.717, 1.165) is 5.56 Å². The number of hydrogen-bond donors (Lipinski definition) is 0. The van der Waals surface area contributed by atoms with Crippen molar-refractivity contribution >= 4 is 12.0 Å². The Balaban J connectivity index is 2.71. The lowest BCUT2D eigenvalue weighted by Gasteiger charge is -2.08. The molecule has 0 saturated heterocycles. The molecule has 2 nitrogen and oxygen atoms in total. The average Bonchev–Trinajstić information content (AvgIpc) is 2.17. The molecule has 80 valence electrons. The molecule has 0 aromatic heterocycles. The minimum atomic E-state index is -0.195. The number of carbonyl (C=O) groups is 1. The highest BCUT2D eigenvalue weighted by atomic mass is 16.5. The molecule has 1 aromatic carbocycles. The maximum atomic E-state index is 11.4. The first kappa shape index (κ1) is 11.5. The number of rotatable bonds is 4. The maximum absolute atomic E-state index is 11.4. The summed E-state index contributed by atoms with van der Waals surface area (Å²) in [5.41, 5.74) is 0.842. The van der Waals surface area contributed by atoms with Crippen LogP contribution < -0.4 is 4.74 Å². The summed E-state index contributed by atoms with van der Waals surface area (Å²) in [6.45, 7) is 7.64. The summed E-state index contributed by atoms with van der Waals surface area (Å²) in [6.07, 6.45) is 2.11. The molecule has 0 radical (unpaired) electrons. The smallest absolute Gasteiger partial charge is 0.311 e. The van der Waals surface area contributed by atoms with Crippen molar-refractivity contribution < 1.29 is 9.53 Å². The second-order valence-electron chi connectivity index (χ2n) is 3.81. The van der Waals surface area contributed by atoms with Crippen LogP contribution in [0.15, 0.2) is 30.8 Å². The van der Waals surface area contributed by atoms with Gasteiger partial charge in [0, 0.05) is 12.0 Å². The Labute approximate surface area is 90.6 Å². The van der Waals surface area contributed by atoms with Crippen molar-refractivity contribution in [1.29, 1.82) is 0 Å². The molecular weight excluding hydrogens is 188 g/mol. The van der Waals surface area contributed by atoms with E-state index >= 15 is 0 Å². The number of benzene rings is 1. The van der Waals surface area contributed by atoms with Gasteiger partial charge in [-0.2, -0.15) is 0 Å². The SMILES string of the molecule is C=Cc1ccccc1OC(=O)CC(C)C. The lowest BCUT2D eigenvalue weighted by molar-refractivity contribution is -0.135. The maximum Gasteiger partial charge on any atom is 0.311 e. The van der Waals surface area contributed by atoms with E-state index in [0.29, 0.717) is 18.1 Å². The molecule has 0 saturated carbocycles. The standard InChI is InChI=1S/C13H16O2/c1-4-11-7-5-6-8-12(11)15-13(14)9-10(2)3/h4-8,10H,1,9H2,2-3H3. The zero-order valence-electron chi connectivity index (χ0n) is 9.19. The van der Waals surface area contributed by atoms with E-state index in [4.69, 9.17) is 4.74 Å². The Morgan fingerprint density at radius 2 is 2.13 bits per heavy atom. The fourth-order valence-corrected chi connectivity index (χ4v) is 1.24. The van der Waals surface area contributed by atoms with E-state index < -0.39 is 0 Å². The predicted molar refractivity (Wildman–Crippen MR) is 61.6 cm³/mol. The molecule has 0 aliphatic rings. The van der Waals surface area contributed by atoms with Crippen molar-refractivity contribution in [2.75, 3.05) is 0 Å². The predicted octanol–water partition coefficient (Wildman–Crippen LogP) is 3.28. The van der Waals surface area contributed by atoms with Crippen LogP contribution in [0.4, 0.5) is 0 Å². The number of hydrogen-bond acceptors (Lipinski definition) is 2. The fourth-order valence-electron chi connectivity index (χ4n) is 1.24. The van der Waals surface area contributed by atoms with Crippen molar-refractivity contribution in [1.82, 2.24) is 0 Å². The molecule has 2 heteroatoms. The highest BCUT2D eigenvalue weighted by Crippen LogP contribution is 2.19. The molecule has 15 heavy (non-hydrogen) atoms. The molecule has 0 aliphatic heterocycles. The lowest BCUT2D eigenvalue weighted by Crippen LogP contribution is -2.11. The van der Waals surface area contributed by atoms with Crippen LogP contribution in [0.3, 0.4) is 0 Å². The summed E-state index contributed by atoms with van der Waals surface area (Å²) in [5, 5.41) is 0. The van der Waals surface area contributed by atoms with Crippen LogP contribution >= 0.6 is 0 Å². The van der Waals surface area contributed by atoms with Crippen LogP contribution in [-0.2, 0) is 4.79 Å². The van der Waals surface area contributed by atoms with Gasteiger partial charge in [0.15, 0.2) is 0 Å². The summed E-state index contributed by atoms with van der Waals surface area (Å²) in [6, 6.07) is 7.36. The normalized spacial score (nSPS) is 10.1. The van der Waals surface area contributed by atoms with Crippen molar-refractivity contribution in [3.8, 4) is 5.75 Å². The third-order valence-corrected chi connectivity index (χ3v) is 1.94. The molecule has 0 amide bonds. The third-order valence-electron chi connectivity index (χ3n) is 1.94. The van der Waals surface area contributed by atoms with Gasteiger partial charge in [0.25, 0.3) is 0 Å². The summed E-state index contributed by atoms with van der Waals surface area (Å²) < 4.78 is 5.24. The Bertz CT molecular complexity index is 353. The Hall–Kier alpha value is -1.57. The zero-order chi connectivity index (χ0) is 11.3. The van der Waals surface area contributed by atoms with E-state index in [9.17, 15) is 4.79 Å². The molecular formula is C13H16O2. The molecule has 0 heterocycles. The van der Waals surface area contributed by atoms with Crippen molar-refractivity contribution in [3.63, 3.8) is 0 Å². The topological polar surface area (TPSA) is 26.3 Å². The highest BCUT2D eigenvalue weighted by Gasteiger charge is 2.08. The quantitative estimate of drug-likeness (QED) is 0.555. The van der Waals surface area contributed by atoms with E-state index in [2.05, 4.69) is 6.58 Å². The van der Waals surface area contributed by atoms with Gasteiger partial charge in [0.2, 0.25) is 0 Å². The fraction of sp³-hybridized carbons (Fsp3) is 0.308. The molecule has 0 unspecified atom stereocenters. The van der Waals surface area contributed by atoms with E-state index in [1.54, 1.807) is 12.1 Å². The van der Waals surface area contributed by atoms with Crippen molar-refractivity contribution in [2.24, 2.45) is 5.92 Å². The van der Waals surface area contributed by atoms with Crippen LogP contribution in [0, 0.1) is 5.92 Å². The minimum absolute atomic E-state index is 0.195. The van der Waals surface area contributed by atoms with Gasteiger partial charge in [-0.25, -0.2) is 0 Å². The first-order valence-corrected chi connectivity index (χ1v) is 5.05. The number of carbonyl (C=O) groups excluding carboxylic acids is 1. The number of esters is 1. The van der Waals surface area contributed by atoms with Gasteiger partial charge in [-0.1, -0.05) is 44.7 Å². The van der Waals surface area contributed by atoms with Gasteiger partial charge >= 0.3 is 5.97 Å². The molecule has 0 N–H and O–H groups in total. The van der Waals surface area contributed by atoms with Crippen molar-refractivity contribution in [2.45, 2.75) is 20.3 Å². The third kappa shape index (κ3) is 3.58. The van der Waals surface area contributed by atoms with Gasteiger partial charge in [-0.3, -0.25) is 4.79 Å². The van der Waals surface area contributed by atoms with Crippen LogP contribution in [0.25, 0.3) is 6.08 Å². The molecule has 0 atom stereocenters. The molecule has 0 fully saturated rings. The van der Waals surface area contributed by atoms with Gasteiger partial charge in [0.05, 0.1) is 0 Å². The van der Waals surface area contributed by atoms with Gasteiger partial charge in [-0.05, 0) is 12.0 Å². The van der Waals surface area contributed by atoms with E-state index in [1.165, 1.54) is 0 Å². The van der Waals surface area contributed by atoms with Crippen LogP contribution in [0.1, 0.15) is 25.8 Å². The van der Waals surface area contributed by atoms with Gasteiger partial charge in [0.1, 0.15) is 5.75 Å². The van der Waals surface area contributed by atoms with Crippen LogP contribution in [-0.4, -0.2) is 5.97 Å². The van der Waals surface area contributed by atoms with Crippen molar-refractivity contribution in [3.05, 3.63) is 36.4 Å². The average molecular weight is 204 g/mol.